The predicted octanol–water partition coefficient (Wildman–Crippen LogP) is 1.97. The van der Waals surface area contributed by atoms with Gasteiger partial charge in [0.05, 0.1) is 30.7 Å². The van der Waals surface area contributed by atoms with E-state index in [2.05, 4.69) is 11.0 Å². The van der Waals surface area contributed by atoms with Crippen LogP contribution < -0.4 is 9.47 Å². The smallest absolute Gasteiger partial charge is 0.261 e. The summed E-state index contributed by atoms with van der Waals surface area (Å²) in [5.74, 6) is -0.00506. The van der Waals surface area contributed by atoms with Gasteiger partial charge < -0.3 is 24.0 Å². The number of hydrogen-bond donors (Lipinski definition) is 0. The summed E-state index contributed by atoms with van der Waals surface area (Å²) in [4.78, 5) is 55.4. The number of rotatable bonds is 5. The van der Waals surface area contributed by atoms with Gasteiger partial charge in [-0.2, -0.15) is 5.26 Å². The van der Waals surface area contributed by atoms with Gasteiger partial charge in [-0.3, -0.25) is 24.1 Å². The summed E-state index contributed by atoms with van der Waals surface area (Å²) in [6, 6.07) is 6.81. The SMILES string of the molecule is CC(=O)S[C@@]1(C)C(=O)N2[C@@H](c3ccc4c(c3)OCO4)[C@](C#N)(CN3CCOCC3)C[C@]2(SC(C)=O)C(=O)N1C. The Hall–Kier alpha value is -2.79. The maximum atomic E-state index is 14.6. The highest BCUT2D eigenvalue weighted by Gasteiger charge is 2.73. The van der Waals surface area contributed by atoms with E-state index in [1.165, 1.54) is 37.6 Å². The Kier molecular flexibility index (Phi) is 7.12. The quantitative estimate of drug-likeness (QED) is 0.512. The first-order valence-corrected chi connectivity index (χ1v) is 14.2. The van der Waals surface area contributed by atoms with E-state index in [-0.39, 0.29) is 30.0 Å². The summed E-state index contributed by atoms with van der Waals surface area (Å²) < 4.78 is 16.6. The fraction of sp³-hybridized carbons (Fsp3) is 0.577. The van der Waals surface area contributed by atoms with E-state index in [9.17, 15) is 24.4 Å². The Bertz CT molecular complexity index is 1280. The zero-order valence-electron chi connectivity index (χ0n) is 22.2. The Morgan fingerprint density at radius 1 is 1.08 bits per heavy atom. The molecule has 0 aliphatic carbocycles. The van der Waals surface area contributed by atoms with Gasteiger partial charge in [0.15, 0.2) is 31.5 Å². The molecule has 0 N–H and O–H groups in total. The third kappa shape index (κ3) is 4.38. The van der Waals surface area contributed by atoms with Crippen molar-refractivity contribution in [3.63, 3.8) is 0 Å². The Balaban J connectivity index is 1.74. The molecule has 1 aromatic carbocycles. The standard InChI is InChI=1S/C26H30N4O7S2/c1-16(31)38-24(3)22(33)30-21(18-5-6-19-20(11-18)37-15-36-19)25(13-27,14-29-7-9-35-10-8-29)12-26(30,39-17(2)32)23(34)28(24)4/h5-6,11,21H,7-10,12,14-15H2,1-4H3/t21-,24-,25+,26-/m0/s1. The molecule has 4 heterocycles. The third-order valence-electron chi connectivity index (χ3n) is 7.82. The first-order valence-electron chi connectivity index (χ1n) is 12.6. The summed E-state index contributed by atoms with van der Waals surface area (Å²) in [5, 5.41) is 10.2. The Morgan fingerprint density at radius 3 is 2.38 bits per heavy atom. The second-order valence-corrected chi connectivity index (χ2v) is 13.4. The summed E-state index contributed by atoms with van der Waals surface area (Å²) >= 11 is 1.51. The van der Waals surface area contributed by atoms with Crippen LogP contribution in [-0.2, 0) is 23.9 Å². The number of fused-ring (bicyclic) bond motifs is 2. The maximum Gasteiger partial charge on any atom is 0.261 e. The first kappa shape index (κ1) is 27.8. The molecular formula is C26H30N4O7S2. The number of carbonyl (C=O) groups excluding carboxylic acids is 4. The molecule has 11 nitrogen and oxygen atoms in total. The van der Waals surface area contributed by atoms with Crippen LogP contribution >= 0.6 is 23.5 Å². The summed E-state index contributed by atoms with van der Waals surface area (Å²) in [6.45, 7) is 6.69. The lowest BCUT2D eigenvalue weighted by molar-refractivity contribution is -0.163. The number of morpholine rings is 1. The van der Waals surface area contributed by atoms with Crippen molar-refractivity contribution in [2.24, 2.45) is 5.41 Å². The molecule has 4 atom stereocenters. The topological polar surface area (TPSA) is 129 Å². The minimum Gasteiger partial charge on any atom is -0.454 e. The van der Waals surface area contributed by atoms with E-state index in [0.29, 0.717) is 43.4 Å². The van der Waals surface area contributed by atoms with E-state index < -0.39 is 33.0 Å². The number of nitriles is 1. The number of hydrogen-bond acceptors (Lipinski definition) is 11. The molecule has 0 unspecified atom stereocenters. The highest BCUT2D eigenvalue weighted by atomic mass is 32.2. The van der Waals surface area contributed by atoms with E-state index in [1.807, 2.05) is 0 Å². The summed E-state index contributed by atoms with van der Waals surface area (Å²) in [5.41, 5.74) is -0.688. The van der Waals surface area contributed by atoms with Crippen LogP contribution in [0.5, 0.6) is 11.5 Å². The number of ether oxygens (including phenoxy) is 3. The van der Waals surface area contributed by atoms with E-state index in [0.717, 1.165) is 23.5 Å². The number of nitrogens with zero attached hydrogens (tertiary/aromatic N) is 4. The molecule has 13 heteroatoms. The van der Waals surface area contributed by atoms with Gasteiger partial charge >= 0.3 is 0 Å². The lowest BCUT2D eigenvalue weighted by Gasteiger charge is -2.52. The van der Waals surface area contributed by atoms with Crippen LogP contribution in [0.3, 0.4) is 0 Å². The lowest BCUT2D eigenvalue weighted by atomic mass is 9.76. The Morgan fingerprint density at radius 2 is 1.74 bits per heavy atom. The van der Waals surface area contributed by atoms with Crippen LogP contribution in [0, 0.1) is 16.7 Å². The van der Waals surface area contributed by atoms with Gasteiger partial charge in [-0.1, -0.05) is 17.8 Å². The van der Waals surface area contributed by atoms with Crippen LogP contribution in [0.15, 0.2) is 18.2 Å². The van der Waals surface area contributed by atoms with Crippen molar-refractivity contribution < 1.29 is 33.4 Å². The third-order valence-corrected chi connectivity index (χ3v) is 10.1. The lowest BCUT2D eigenvalue weighted by Crippen LogP contribution is -2.71. The molecule has 0 aromatic heterocycles. The van der Waals surface area contributed by atoms with Crippen LogP contribution in [0.2, 0.25) is 0 Å². The number of likely N-dealkylation sites (N-methyl/N-ethyl adjacent to an activating group) is 1. The number of thioether (sulfide) groups is 2. The molecule has 208 valence electrons. The molecule has 5 rings (SSSR count). The molecule has 2 amide bonds. The molecule has 4 aliphatic rings. The van der Waals surface area contributed by atoms with Gasteiger partial charge in [-0.05, 0) is 36.4 Å². The maximum absolute atomic E-state index is 14.6. The molecule has 39 heavy (non-hydrogen) atoms. The molecule has 4 aliphatic heterocycles. The van der Waals surface area contributed by atoms with Crippen molar-refractivity contribution in [2.75, 3.05) is 46.7 Å². The van der Waals surface area contributed by atoms with E-state index in [1.54, 1.807) is 18.2 Å². The van der Waals surface area contributed by atoms with Crippen molar-refractivity contribution in [2.45, 2.75) is 43.0 Å². The van der Waals surface area contributed by atoms with Gasteiger partial charge in [0, 0.05) is 47.0 Å². The fourth-order valence-corrected chi connectivity index (χ4v) is 8.38. The van der Waals surface area contributed by atoms with Crippen molar-refractivity contribution in [1.29, 1.82) is 5.26 Å². The van der Waals surface area contributed by atoms with Crippen molar-refractivity contribution in [3.05, 3.63) is 23.8 Å². The molecule has 3 saturated heterocycles. The molecule has 0 radical (unpaired) electrons. The average molecular weight is 575 g/mol. The molecule has 3 fully saturated rings. The second kappa shape index (κ2) is 9.99. The number of amides is 2. The molecule has 0 bridgehead atoms. The highest BCUT2D eigenvalue weighted by Crippen LogP contribution is 2.63. The predicted molar refractivity (Wildman–Crippen MR) is 143 cm³/mol. The number of piperazine rings is 1. The fourth-order valence-electron chi connectivity index (χ4n) is 6.09. The molecular weight excluding hydrogens is 544 g/mol. The van der Waals surface area contributed by atoms with Crippen molar-refractivity contribution in [1.82, 2.24) is 14.7 Å². The zero-order chi connectivity index (χ0) is 28.2. The molecule has 1 aromatic rings. The van der Waals surface area contributed by atoms with Gasteiger partial charge in [-0.25, -0.2) is 0 Å². The first-order chi connectivity index (χ1) is 18.5. The monoisotopic (exact) mass is 574 g/mol. The van der Waals surface area contributed by atoms with Crippen LogP contribution in [0.1, 0.15) is 38.8 Å². The minimum absolute atomic E-state index is 0.0456. The Labute approximate surface area is 235 Å². The number of carbonyl (C=O) groups is 4. The summed E-state index contributed by atoms with van der Waals surface area (Å²) in [6.07, 6.45) is -0.0626. The van der Waals surface area contributed by atoms with Crippen LogP contribution in [0.25, 0.3) is 0 Å². The van der Waals surface area contributed by atoms with Crippen molar-refractivity contribution in [3.8, 4) is 17.6 Å². The normalized spacial score (nSPS) is 32.2. The second-order valence-electron chi connectivity index (χ2n) is 10.3. The molecule has 0 saturated carbocycles. The highest BCUT2D eigenvalue weighted by molar-refractivity contribution is 8.16. The van der Waals surface area contributed by atoms with Gasteiger partial charge in [-0.15, -0.1) is 0 Å². The largest absolute Gasteiger partial charge is 0.454 e. The van der Waals surface area contributed by atoms with Gasteiger partial charge in [0.2, 0.25) is 6.79 Å². The van der Waals surface area contributed by atoms with Crippen LogP contribution in [-0.4, -0.2) is 93.2 Å². The molecule has 0 spiro atoms. The van der Waals surface area contributed by atoms with Gasteiger partial charge in [0.25, 0.3) is 11.8 Å². The van der Waals surface area contributed by atoms with E-state index in [4.69, 9.17) is 14.2 Å². The zero-order valence-corrected chi connectivity index (χ0v) is 23.9. The van der Waals surface area contributed by atoms with E-state index >= 15 is 0 Å². The minimum atomic E-state index is -1.67. The van der Waals surface area contributed by atoms with Gasteiger partial charge in [0.1, 0.15) is 0 Å². The number of benzene rings is 1. The van der Waals surface area contributed by atoms with Crippen molar-refractivity contribution >= 4 is 45.6 Å². The van der Waals surface area contributed by atoms with Crippen LogP contribution in [0.4, 0.5) is 0 Å². The average Bonchev–Trinajstić information content (AvgIpc) is 3.47. The summed E-state index contributed by atoms with van der Waals surface area (Å²) in [7, 11) is 1.47.